The van der Waals surface area contributed by atoms with Crippen LogP contribution in [-0.2, 0) is 0 Å². The molecular weight excluding hydrogens is 392 g/mol. The van der Waals surface area contributed by atoms with Crippen molar-refractivity contribution in [2.24, 2.45) is 0 Å². The van der Waals surface area contributed by atoms with Gasteiger partial charge in [-0.15, -0.1) is 0 Å². The molecule has 0 radical (unpaired) electrons. The van der Waals surface area contributed by atoms with Gasteiger partial charge in [0.25, 0.3) is 11.6 Å². The highest BCUT2D eigenvalue weighted by atomic mass is 16.6. The van der Waals surface area contributed by atoms with E-state index in [1.165, 1.54) is 17.6 Å². The Kier molecular flexibility index (Phi) is 6.09. The van der Waals surface area contributed by atoms with Crippen molar-refractivity contribution in [3.63, 3.8) is 0 Å². The van der Waals surface area contributed by atoms with Gasteiger partial charge >= 0.3 is 6.03 Å². The van der Waals surface area contributed by atoms with Crippen LogP contribution < -0.4 is 15.7 Å². The molecule has 1 aliphatic rings. The van der Waals surface area contributed by atoms with Crippen LogP contribution in [0.1, 0.15) is 15.9 Å². The number of hydrogen-bond acceptors (Lipinski definition) is 7. The molecule has 0 aliphatic carbocycles. The van der Waals surface area contributed by atoms with E-state index in [2.05, 4.69) is 5.32 Å². The zero-order valence-corrected chi connectivity index (χ0v) is 15.7. The minimum absolute atomic E-state index is 0.0297. The molecule has 3 rings (SSSR count). The fraction of sp³-hybridized carbons (Fsp3) is 0.211. The average molecular weight is 410 g/mol. The van der Waals surface area contributed by atoms with Crippen LogP contribution in [0.5, 0.6) is 0 Å². The number of amides is 3. The van der Waals surface area contributed by atoms with Gasteiger partial charge in [-0.3, -0.25) is 20.1 Å². The van der Waals surface area contributed by atoms with E-state index in [1.807, 2.05) is 11.0 Å². The minimum Gasteiger partial charge on any atom is -0.367 e. The topological polar surface area (TPSA) is 152 Å². The smallest absolute Gasteiger partial charge is 0.321 e. The van der Waals surface area contributed by atoms with Gasteiger partial charge in [-0.05, 0) is 24.3 Å². The monoisotopic (exact) mass is 410 g/mol. The van der Waals surface area contributed by atoms with E-state index in [0.29, 0.717) is 43.1 Å². The number of non-ortho nitro benzene ring substituents is 1. The van der Waals surface area contributed by atoms with Crippen LogP contribution in [0.15, 0.2) is 42.5 Å². The summed E-state index contributed by atoms with van der Waals surface area (Å²) in [5.74, 6) is -0.855. The molecule has 0 unspecified atom stereocenters. The van der Waals surface area contributed by atoms with E-state index < -0.39 is 10.8 Å². The molecule has 1 aliphatic heterocycles. The summed E-state index contributed by atoms with van der Waals surface area (Å²) in [4.78, 5) is 38.2. The molecular formula is C19H18N6O5. The van der Waals surface area contributed by atoms with E-state index >= 15 is 0 Å². The van der Waals surface area contributed by atoms with Gasteiger partial charge in [0.05, 0.1) is 27.8 Å². The number of nitro benzene ring substituents is 1. The number of nitro groups is 1. The summed E-state index contributed by atoms with van der Waals surface area (Å²) < 4.78 is 0. The number of anilines is 2. The summed E-state index contributed by atoms with van der Waals surface area (Å²) in [6.45, 7) is 1.46. The third-order valence-electron chi connectivity index (χ3n) is 4.69. The summed E-state index contributed by atoms with van der Waals surface area (Å²) in [7, 11) is 0. The Morgan fingerprint density at radius 2 is 1.87 bits per heavy atom. The predicted molar refractivity (Wildman–Crippen MR) is 106 cm³/mol. The van der Waals surface area contributed by atoms with Gasteiger partial charge in [0.15, 0.2) is 0 Å². The Bertz CT molecular complexity index is 1030. The quantitative estimate of drug-likeness (QED) is 0.396. The molecule has 1 heterocycles. The van der Waals surface area contributed by atoms with E-state index in [1.54, 1.807) is 29.2 Å². The van der Waals surface area contributed by atoms with Crippen molar-refractivity contribution < 1.29 is 19.7 Å². The van der Waals surface area contributed by atoms with Gasteiger partial charge in [0.2, 0.25) is 0 Å². The number of nitrogens with zero attached hydrogens (tertiary/aromatic N) is 4. The van der Waals surface area contributed by atoms with Crippen LogP contribution in [0.2, 0.25) is 0 Å². The van der Waals surface area contributed by atoms with E-state index in [0.717, 1.165) is 6.07 Å². The van der Waals surface area contributed by atoms with Crippen LogP contribution in [0.3, 0.4) is 0 Å². The molecule has 154 valence electrons. The maximum atomic E-state index is 12.5. The first kappa shape index (κ1) is 20.6. The van der Waals surface area contributed by atoms with E-state index in [-0.39, 0.29) is 17.3 Å². The number of benzene rings is 2. The molecule has 30 heavy (non-hydrogen) atoms. The summed E-state index contributed by atoms with van der Waals surface area (Å²) >= 11 is 0. The zero-order valence-electron chi connectivity index (χ0n) is 15.7. The Morgan fingerprint density at radius 3 is 2.50 bits per heavy atom. The maximum absolute atomic E-state index is 12.5. The van der Waals surface area contributed by atoms with Gasteiger partial charge in [0.1, 0.15) is 0 Å². The number of nitrogens with one attached hydrogen (secondary N) is 2. The molecule has 1 saturated heterocycles. The first-order valence-corrected chi connectivity index (χ1v) is 8.97. The Morgan fingerprint density at radius 1 is 1.13 bits per heavy atom. The second-order valence-electron chi connectivity index (χ2n) is 6.50. The second kappa shape index (κ2) is 8.89. The average Bonchev–Trinajstić information content (AvgIpc) is 2.78. The van der Waals surface area contributed by atoms with Crippen molar-refractivity contribution in [1.29, 1.82) is 5.26 Å². The lowest BCUT2D eigenvalue weighted by molar-refractivity contribution is -0.384. The van der Waals surface area contributed by atoms with Crippen molar-refractivity contribution in [2.45, 2.75) is 0 Å². The third-order valence-corrected chi connectivity index (χ3v) is 4.69. The number of rotatable bonds is 4. The summed E-state index contributed by atoms with van der Waals surface area (Å²) in [5.41, 5.74) is 2.58. The largest absolute Gasteiger partial charge is 0.367 e. The van der Waals surface area contributed by atoms with Crippen LogP contribution in [0, 0.1) is 21.4 Å². The normalized spacial score (nSPS) is 13.3. The van der Waals surface area contributed by atoms with Gasteiger partial charge in [-0.25, -0.2) is 10.3 Å². The molecule has 11 heteroatoms. The fourth-order valence-corrected chi connectivity index (χ4v) is 3.17. The number of carbonyl (C=O) groups excluding carboxylic acids is 2. The number of nitriles is 1. The summed E-state index contributed by atoms with van der Waals surface area (Å²) in [6.07, 6.45) is 0. The number of urea groups is 1. The number of hydrogen-bond donors (Lipinski definition) is 3. The van der Waals surface area contributed by atoms with Gasteiger partial charge in [-0.2, -0.15) is 5.26 Å². The zero-order chi connectivity index (χ0) is 21.7. The van der Waals surface area contributed by atoms with Crippen LogP contribution >= 0.6 is 0 Å². The summed E-state index contributed by atoms with van der Waals surface area (Å²) in [6, 6.07) is 12.1. The van der Waals surface area contributed by atoms with Crippen LogP contribution in [0.25, 0.3) is 0 Å². The lowest BCUT2D eigenvalue weighted by atomic mass is 10.1. The highest BCUT2D eigenvalue weighted by Crippen LogP contribution is 2.26. The molecule has 1 fully saturated rings. The first-order chi connectivity index (χ1) is 14.4. The molecule has 2 aromatic carbocycles. The molecule has 11 nitrogen and oxygen atoms in total. The van der Waals surface area contributed by atoms with Gasteiger partial charge < -0.3 is 15.1 Å². The number of piperazine rings is 1. The van der Waals surface area contributed by atoms with E-state index in [4.69, 9.17) is 10.5 Å². The lowest BCUT2D eigenvalue weighted by Crippen LogP contribution is -2.50. The van der Waals surface area contributed by atoms with Crippen molar-refractivity contribution in [3.8, 4) is 6.07 Å². The fourth-order valence-electron chi connectivity index (χ4n) is 3.17. The molecule has 2 aromatic rings. The van der Waals surface area contributed by atoms with Crippen LogP contribution in [-0.4, -0.2) is 53.1 Å². The summed E-state index contributed by atoms with van der Waals surface area (Å²) in [5, 5.41) is 31.6. The van der Waals surface area contributed by atoms with Gasteiger partial charge in [-0.1, -0.05) is 6.07 Å². The Hall–Kier alpha value is -4.17. The van der Waals surface area contributed by atoms with E-state index in [9.17, 15) is 19.7 Å². The SMILES string of the molecule is N#Cc1cccc(NC(=O)N2CCN(c3ccc([N+](=O)[O-])cc3C(=O)NO)CC2)c1. The Labute approximate surface area is 171 Å². The molecule has 0 bridgehead atoms. The maximum Gasteiger partial charge on any atom is 0.321 e. The van der Waals surface area contributed by atoms with Crippen molar-refractivity contribution in [2.75, 3.05) is 36.4 Å². The molecule has 0 saturated carbocycles. The van der Waals surface area contributed by atoms with Gasteiger partial charge in [0, 0.05) is 44.0 Å². The highest BCUT2D eigenvalue weighted by molar-refractivity contribution is 6.00. The molecule has 0 aromatic heterocycles. The van der Waals surface area contributed by atoms with Crippen LogP contribution in [0.4, 0.5) is 21.9 Å². The molecule has 3 N–H and O–H groups in total. The number of hydroxylamine groups is 1. The molecule has 0 spiro atoms. The first-order valence-electron chi connectivity index (χ1n) is 8.97. The van der Waals surface area contributed by atoms with Crippen molar-refractivity contribution in [3.05, 3.63) is 63.7 Å². The lowest BCUT2D eigenvalue weighted by Gasteiger charge is -2.36. The minimum atomic E-state index is -0.855. The second-order valence-corrected chi connectivity index (χ2v) is 6.50. The standard InChI is InChI=1S/C19H18N6O5/c20-12-13-2-1-3-14(10-13)21-19(27)24-8-6-23(7-9-24)17-5-4-15(25(29)30)11-16(17)18(26)22-28/h1-5,10-11,28H,6-9H2,(H,21,27)(H,22,26). The van der Waals surface area contributed by atoms with Crippen molar-refractivity contribution >= 4 is 29.0 Å². The molecule has 0 atom stereocenters. The molecule has 3 amide bonds. The predicted octanol–water partition coefficient (Wildman–Crippen LogP) is 1.94. The Balaban J connectivity index is 1.69. The highest BCUT2D eigenvalue weighted by Gasteiger charge is 2.25. The third kappa shape index (κ3) is 4.45. The van der Waals surface area contributed by atoms with Crippen molar-refractivity contribution in [1.82, 2.24) is 10.4 Å². The number of carbonyl (C=O) groups is 2.